The normalized spacial score (nSPS) is 21.3. The maximum Gasteiger partial charge on any atom is 0.260 e. The number of amides is 1. The highest BCUT2D eigenvalue weighted by Gasteiger charge is 2.48. The first kappa shape index (κ1) is 25.3. The Morgan fingerprint density at radius 2 is 1.71 bits per heavy atom. The predicted molar refractivity (Wildman–Crippen MR) is 124 cm³/mol. The molecule has 34 heavy (non-hydrogen) atoms. The van der Waals surface area contributed by atoms with Crippen molar-refractivity contribution in [3.8, 4) is 0 Å². The van der Waals surface area contributed by atoms with Crippen LogP contribution < -0.4 is 5.32 Å². The minimum Gasteiger partial charge on any atom is -0.350 e. The average molecular weight is 536 g/mol. The third-order valence-electron chi connectivity index (χ3n) is 6.68. The number of piperazine rings is 1. The molecule has 2 aromatic rings. The lowest BCUT2D eigenvalue weighted by Crippen LogP contribution is -2.63. The zero-order chi connectivity index (χ0) is 24.6. The van der Waals surface area contributed by atoms with Crippen molar-refractivity contribution in [2.24, 2.45) is 0 Å². The molecule has 186 valence electrons. The van der Waals surface area contributed by atoms with Crippen LogP contribution in [0.3, 0.4) is 0 Å². The molecular formula is C21H25Cl2F2N5O3S. The van der Waals surface area contributed by atoms with Crippen molar-refractivity contribution in [1.29, 1.82) is 0 Å². The lowest BCUT2D eigenvalue weighted by atomic mass is 9.78. The van der Waals surface area contributed by atoms with Gasteiger partial charge in [-0.25, -0.2) is 22.2 Å². The minimum absolute atomic E-state index is 0.0110. The third-order valence-corrected chi connectivity index (χ3v) is 9.13. The Kier molecular flexibility index (Phi) is 7.21. The van der Waals surface area contributed by atoms with E-state index in [1.165, 1.54) is 16.8 Å². The number of imidazole rings is 1. The smallest absolute Gasteiger partial charge is 0.260 e. The average Bonchev–Trinajstić information content (AvgIpc) is 3.35. The third kappa shape index (κ3) is 5.08. The van der Waals surface area contributed by atoms with E-state index in [1.807, 2.05) is 4.90 Å². The van der Waals surface area contributed by atoms with Gasteiger partial charge in [0, 0.05) is 51.1 Å². The number of aromatic amines is 1. The van der Waals surface area contributed by atoms with Gasteiger partial charge in [-0.15, -0.1) is 0 Å². The summed E-state index contributed by atoms with van der Waals surface area (Å²) in [5.41, 5.74) is -0.591. The summed E-state index contributed by atoms with van der Waals surface area (Å²) in [7, 11) is -3.71. The number of aromatic nitrogens is 2. The SMILES string of the molecule is O=C(NCC1(N2CCN(S(=O)(=O)c3cnc[nH]3)CC2)CCC(F)(F)CC1)c1c(Cl)cccc1Cl. The number of alkyl halides is 2. The number of hydrogen-bond acceptors (Lipinski definition) is 5. The van der Waals surface area contributed by atoms with E-state index in [-0.39, 0.29) is 66.0 Å². The summed E-state index contributed by atoms with van der Waals surface area (Å²) in [5, 5.41) is 3.25. The second-order valence-corrected chi connectivity index (χ2v) is 11.4. The fraction of sp³-hybridized carbons (Fsp3) is 0.524. The first-order chi connectivity index (χ1) is 16.0. The molecule has 1 aliphatic carbocycles. The van der Waals surface area contributed by atoms with Crippen LogP contribution in [0.2, 0.25) is 10.0 Å². The summed E-state index contributed by atoms with van der Waals surface area (Å²) < 4.78 is 55.0. The van der Waals surface area contributed by atoms with Crippen LogP contribution in [0.25, 0.3) is 0 Å². The molecule has 1 saturated heterocycles. The molecule has 1 amide bonds. The summed E-state index contributed by atoms with van der Waals surface area (Å²) >= 11 is 12.3. The van der Waals surface area contributed by atoms with E-state index in [1.54, 1.807) is 18.2 Å². The first-order valence-electron chi connectivity index (χ1n) is 10.9. The molecule has 1 aromatic heterocycles. The molecule has 0 bridgehead atoms. The van der Waals surface area contributed by atoms with Crippen LogP contribution in [0.15, 0.2) is 35.7 Å². The molecule has 2 N–H and O–H groups in total. The van der Waals surface area contributed by atoms with Gasteiger partial charge in [-0.2, -0.15) is 4.31 Å². The number of benzene rings is 1. The van der Waals surface area contributed by atoms with Crippen molar-refractivity contribution in [2.45, 2.75) is 42.2 Å². The van der Waals surface area contributed by atoms with E-state index in [0.29, 0.717) is 13.1 Å². The molecular weight excluding hydrogens is 511 g/mol. The van der Waals surface area contributed by atoms with Crippen molar-refractivity contribution in [3.63, 3.8) is 0 Å². The van der Waals surface area contributed by atoms with E-state index < -0.39 is 27.4 Å². The zero-order valence-electron chi connectivity index (χ0n) is 18.2. The second kappa shape index (κ2) is 9.69. The van der Waals surface area contributed by atoms with Gasteiger partial charge >= 0.3 is 0 Å². The van der Waals surface area contributed by atoms with Gasteiger partial charge in [0.25, 0.3) is 15.9 Å². The molecule has 1 saturated carbocycles. The van der Waals surface area contributed by atoms with Gasteiger partial charge in [0.2, 0.25) is 5.92 Å². The maximum absolute atomic E-state index is 14.0. The number of carbonyl (C=O) groups excluding carboxylic acids is 1. The number of nitrogens with zero attached hydrogens (tertiary/aromatic N) is 3. The number of H-pyrrole nitrogens is 1. The van der Waals surface area contributed by atoms with Gasteiger partial charge in [-0.3, -0.25) is 9.69 Å². The predicted octanol–water partition coefficient (Wildman–Crippen LogP) is 3.40. The number of hydrogen-bond donors (Lipinski definition) is 2. The van der Waals surface area contributed by atoms with Crippen LogP contribution in [0, 0.1) is 0 Å². The summed E-state index contributed by atoms with van der Waals surface area (Å²) in [6, 6.07) is 4.74. The molecule has 0 atom stereocenters. The van der Waals surface area contributed by atoms with E-state index in [2.05, 4.69) is 15.3 Å². The summed E-state index contributed by atoms with van der Waals surface area (Å²) in [5.74, 6) is -3.24. The van der Waals surface area contributed by atoms with Crippen molar-refractivity contribution in [1.82, 2.24) is 24.5 Å². The maximum atomic E-state index is 14.0. The minimum atomic E-state index is -3.71. The van der Waals surface area contributed by atoms with Crippen molar-refractivity contribution >= 4 is 39.1 Å². The molecule has 0 unspecified atom stereocenters. The van der Waals surface area contributed by atoms with Crippen LogP contribution in [0.4, 0.5) is 8.78 Å². The van der Waals surface area contributed by atoms with Gasteiger partial charge in [0.15, 0.2) is 5.03 Å². The summed E-state index contributed by atoms with van der Waals surface area (Å²) in [6.45, 7) is 1.22. The standard InChI is InChI=1S/C21H25Cl2F2N5O3S/c22-15-2-1-3-16(23)18(15)19(31)27-13-20(4-6-21(24,25)7-5-20)29-8-10-30(11-9-29)34(32,33)17-12-26-14-28-17/h1-3,12,14H,4-11,13H2,(H,26,28)(H,27,31). The van der Waals surface area contributed by atoms with Crippen LogP contribution in [-0.4, -0.2) is 77.7 Å². The van der Waals surface area contributed by atoms with Crippen LogP contribution in [0.5, 0.6) is 0 Å². The Morgan fingerprint density at radius 3 is 2.26 bits per heavy atom. The van der Waals surface area contributed by atoms with E-state index >= 15 is 0 Å². The second-order valence-electron chi connectivity index (χ2n) is 8.67. The van der Waals surface area contributed by atoms with Crippen molar-refractivity contribution in [3.05, 3.63) is 46.3 Å². The molecule has 2 aliphatic rings. The highest BCUT2D eigenvalue weighted by molar-refractivity contribution is 7.89. The molecule has 2 heterocycles. The Bertz CT molecular complexity index is 1110. The molecule has 13 heteroatoms. The summed E-state index contributed by atoms with van der Waals surface area (Å²) in [4.78, 5) is 21.3. The van der Waals surface area contributed by atoms with Crippen LogP contribution >= 0.6 is 23.2 Å². The Labute approximate surface area is 206 Å². The lowest BCUT2D eigenvalue weighted by molar-refractivity contribution is -0.0856. The first-order valence-corrected chi connectivity index (χ1v) is 13.1. The van der Waals surface area contributed by atoms with Crippen molar-refractivity contribution < 1.29 is 22.0 Å². The molecule has 0 spiro atoms. The molecule has 4 rings (SSSR count). The number of nitrogens with one attached hydrogen (secondary N) is 2. The molecule has 1 aliphatic heterocycles. The highest BCUT2D eigenvalue weighted by Crippen LogP contribution is 2.42. The van der Waals surface area contributed by atoms with Crippen molar-refractivity contribution in [2.75, 3.05) is 32.7 Å². The Hall–Kier alpha value is -1.79. The highest BCUT2D eigenvalue weighted by atomic mass is 35.5. The van der Waals surface area contributed by atoms with Gasteiger partial charge in [0.1, 0.15) is 0 Å². The van der Waals surface area contributed by atoms with Gasteiger partial charge < -0.3 is 10.3 Å². The zero-order valence-corrected chi connectivity index (χ0v) is 20.6. The lowest BCUT2D eigenvalue weighted by Gasteiger charge is -2.50. The number of sulfonamides is 1. The fourth-order valence-electron chi connectivity index (χ4n) is 4.66. The van der Waals surface area contributed by atoms with Crippen LogP contribution in [-0.2, 0) is 10.0 Å². The quantitative estimate of drug-likeness (QED) is 0.590. The Balaban J connectivity index is 1.49. The number of carbonyl (C=O) groups is 1. The largest absolute Gasteiger partial charge is 0.350 e. The van der Waals surface area contributed by atoms with Gasteiger partial charge in [0.05, 0.1) is 28.1 Å². The molecule has 0 radical (unpaired) electrons. The topological polar surface area (TPSA) is 98.4 Å². The van der Waals surface area contributed by atoms with Gasteiger partial charge in [-0.05, 0) is 25.0 Å². The summed E-state index contributed by atoms with van der Waals surface area (Å²) in [6.07, 6.45) is 2.29. The van der Waals surface area contributed by atoms with Crippen LogP contribution in [0.1, 0.15) is 36.0 Å². The monoisotopic (exact) mass is 535 g/mol. The molecule has 2 fully saturated rings. The fourth-order valence-corrected chi connectivity index (χ4v) is 6.55. The number of halogens is 4. The number of rotatable bonds is 6. The van der Waals surface area contributed by atoms with E-state index in [0.717, 1.165) is 0 Å². The molecule has 1 aromatic carbocycles. The van der Waals surface area contributed by atoms with E-state index in [9.17, 15) is 22.0 Å². The van der Waals surface area contributed by atoms with E-state index in [4.69, 9.17) is 23.2 Å². The molecule has 8 nitrogen and oxygen atoms in total. The van der Waals surface area contributed by atoms with Gasteiger partial charge in [-0.1, -0.05) is 29.3 Å². The Morgan fingerprint density at radius 1 is 1.09 bits per heavy atom.